The van der Waals surface area contributed by atoms with E-state index in [1.54, 1.807) is 24.3 Å². The first kappa shape index (κ1) is 29.1. The van der Waals surface area contributed by atoms with Gasteiger partial charge in [0.05, 0.1) is 25.9 Å². The Bertz CT molecular complexity index is 1100. The average molecular weight is 553 g/mol. The lowest BCUT2D eigenvalue weighted by molar-refractivity contribution is -0.352. The Labute approximate surface area is 223 Å². The predicted molar refractivity (Wildman–Crippen MR) is 129 cm³/mol. The van der Waals surface area contributed by atoms with Gasteiger partial charge >= 0.3 is 11.9 Å². The molecule has 3 aliphatic rings. The molecule has 39 heavy (non-hydrogen) atoms. The van der Waals surface area contributed by atoms with Crippen molar-refractivity contribution in [3.8, 4) is 0 Å². The Balaban J connectivity index is 1.61. The Kier molecular flexibility index (Phi) is 8.44. The van der Waals surface area contributed by atoms with Crippen molar-refractivity contribution in [2.75, 3.05) is 13.7 Å². The van der Waals surface area contributed by atoms with Crippen LogP contribution in [0.3, 0.4) is 0 Å². The lowest BCUT2D eigenvalue weighted by atomic mass is 9.77. The molecule has 214 valence electrons. The van der Waals surface area contributed by atoms with Gasteiger partial charge in [0.15, 0.2) is 6.29 Å². The lowest BCUT2D eigenvalue weighted by Gasteiger charge is -2.46. The molecule has 2 fully saturated rings. The minimum absolute atomic E-state index is 0.373. The first-order valence-corrected chi connectivity index (χ1v) is 12.2. The van der Waals surface area contributed by atoms with Crippen LogP contribution in [-0.2, 0) is 33.3 Å². The topological polar surface area (TPSA) is 202 Å². The molecule has 10 atom stereocenters. The second kappa shape index (κ2) is 11.3. The number of methoxy groups -OCH3 is 1. The average Bonchev–Trinajstić information content (AvgIpc) is 3.12. The zero-order chi connectivity index (χ0) is 28.5. The maximum absolute atomic E-state index is 12.6. The molecule has 1 aromatic rings. The summed E-state index contributed by atoms with van der Waals surface area (Å²) in [5, 5.41) is 63.3. The smallest absolute Gasteiger partial charge is 0.339 e. The number of ether oxygens (including phenoxy) is 5. The molecular weight excluding hydrogens is 520 g/mol. The van der Waals surface area contributed by atoms with Gasteiger partial charge in [-0.25, -0.2) is 9.59 Å². The van der Waals surface area contributed by atoms with Gasteiger partial charge in [0, 0.05) is 12.5 Å². The highest BCUT2D eigenvalue weighted by Crippen LogP contribution is 2.53. The van der Waals surface area contributed by atoms with Crippen LogP contribution in [0.25, 0.3) is 6.08 Å². The molecule has 2 heterocycles. The van der Waals surface area contributed by atoms with Crippen molar-refractivity contribution in [1.29, 1.82) is 0 Å². The number of esters is 2. The van der Waals surface area contributed by atoms with Crippen LogP contribution in [0.4, 0.5) is 0 Å². The molecule has 2 aliphatic heterocycles. The quantitative estimate of drug-likeness (QED) is 0.166. The van der Waals surface area contributed by atoms with Gasteiger partial charge in [-0.2, -0.15) is 0 Å². The monoisotopic (exact) mass is 552 g/mol. The van der Waals surface area contributed by atoms with Crippen LogP contribution in [0.1, 0.15) is 18.9 Å². The van der Waals surface area contributed by atoms with Gasteiger partial charge in [-0.1, -0.05) is 30.3 Å². The molecule has 1 saturated heterocycles. The third-order valence-corrected chi connectivity index (χ3v) is 7.34. The van der Waals surface area contributed by atoms with E-state index in [1.165, 1.54) is 13.0 Å². The molecule has 0 aromatic heterocycles. The molecule has 1 aromatic carbocycles. The molecule has 6 N–H and O–H groups in total. The number of carbonyl (C=O) groups is 2. The Morgan fingerprint density at radius 3 is 2.41 bits per heavy atom. The third kappa shape index (κ3) is 5.44. The summed E-state index contributed by atoms with van der Waals surface area (Å²) in [6.07, 6.45) is -8.13. The third-order valence-electron chi connectivity index (χ3n) is 7.34. The van der Waals surface area contributed by atoms with E-state index in [0.29, 0.717) is 0 Å². The predicted octanol–water partition coefficient (Wildman–Crippen LogP) is -1.66. The number of benzene rings is 1. The molecule has 1 aliphatic carbocycles. The van der Waals surface area contributed by atoms with Crippen LogP contribution in [0.15, 0.2) is 48.2 Å². The minimum Gasteiger partial charge on any atom is -0.471 e. The summed E-state index contributed by atoms with van der Waals surface area (Å²) in [7, 11) is 1.08. The normalized spacial score (nSPS) is 39.9. The first-order valence-electron chi connectivity index (χ1n) is 12.2. The number of fused-ring (bicyclic) bond motifs is 1. The number of hydrogen-bond donors (Lipinski definition) is 6. The minimum atomic E-state index is -2.19. The summed E-state index contributed by atoms with van der Waals surface area (Å²) in [6.45, 7) is 0.532. The van der Waals surface area contributed by atoms with Gasteiger partial charge in [0.2, 0.25) is 6.29 Å². The summed E-state index contributed by atoms with van der Waals surface area (Å²) in [6, 6.07) is 8.90. The molecule has 0 bridgehead atoms. The molecule has 1 saturated carbocycles. The first-order chi connectivity index (χ1) is 18.4. The molecule has 0 radical (unpaired) electrons. The summed E-state index contributed by atoms with van der Waals surface area (Å²) in [5.41, 5.74) is -3.92. The van der Waals surface area contributed by atoms with Crippen molar-refractivity contribution >= 4 is 18.0 Å². The zero-order valence-corrected chi connectivity index (χ0v) is 21.2. The van der Waals surface area contributed by atoms with Crippen molar-refractivity contribution in [3.63, 3.8) is 0 Å². The van der Waals surface area contributed by atoms with E-state index in [1.807, 2.05) is 6.07 Å². The van der Waals surface area contributed by atoms with Crippen molar-refractivity contribution in [3.05, 3.63) is 53.8 Å². The highest BCUT2D eigenvalue weighted by molar-refractivity contribution is 5.91. The van der Waals surface area contributed by atoms with Crippen molar-refractivity contribution < 1.29 is 63.9 Å². The molecule has 0 spiro atoms. The van der Waals surface area contributed by atoms with E-state index in [-0.39, 0.29) is 5.57 Å². The highest BCUT2D eigenvalue weighted by Gasteiger charge is 2.69. The van der Waals surface area contributed by atoms with Crippen LogP contribution in [-0.4, -0.2) is 111 Å². The largest absolute Gasteiger partial charge is 0.471 e. The van der Waals surface area contributed by atoms with Gasteiger partial charge in [-0.3, -0.25) is 0 Å². The summed E-state index contributed by atoms with van der Waals surface area (Å²) in [4.78, 5) is 25.1. The Morgan fingerprint density at radius 2 is 1.77 bits per heavy atom. The molecule has 13 nitrogen and oxygen atoms in total. The van der Waals surface area contributed by atoms with Gasteiger partial charge in [0.1, 0.15) is 47.3 Å². The SMILES string of the molecule is COC(=O)C1=COC(O[C@@H]2O[C@H](CO)[C@@H](O)[C@H](O)[C@H]2O)[C@@H]2[C@@](C)(O)[C@@H](OC(=O)/C=C\c3ccccc3)C[C@]12O. The second-order valence-electron chi connectivity index (χ2n) is 9.86. The molecule has 0 amide bonds. The van der Waals surface area contributed by atoms with Crippen LogP contribution >= 0.6 is 0 Å². The van der Waals surface area contributed by atoms with E-state index in [4.69, 9.17) is 23.7 Å². The number of carbonyl (C=O) groups excluding carboxylic acids is 2. The van der Waals surface area contributed by atoms with Crippen LogP contribution < -0.4 is 0 Å². The van der Waals surface area contributed by atoms with E-state index < -0.39 is 85.2 Å². The fourth-order valence-electron chi connectivity index (χ4n) is 5.22. The molecule has 13 heteroatoms. The van der Waals surface area contributed by atoms with E-state index in [0.717, 1.165) is 25.0 Å². The van der Waals surface area contributed by atoms with Crippen molar-refractivity contribution in [1.82, 2.24) is 0 Å². The molecule has 4 rings (SSSR count). The standard InChI is InChI=1S/C26H32O13/c1-25(33)16(38-17(28)9-8-13-6-4-3-5-7-13)10-26(34)14(22(32)35-2)12-36-24(21(25)26)39-23-20(31)19(30)18(29)15(11-27)37-23/h3-9,12,15-16,18-21,23-24,27,29-31,33-34H,10-11H2,1-2H3/b9-8-/t15-,16+,18-,19+,20-,21-,23+,24?,25+,26+/m1/s1. The van der Waals surface area contributed by atoms with Crippen LogP contribution in [0.2, 0.25) is 0 Å². The maximum atomic E-state index is 12.6. The van der Waals surface area contributed by atoms with E-state index in [2.05, 4.69) is 0 Å². The number of rotatable bonds is 7. The number of aliphatic hydroxyl groups excluding tert-OH is 4. The fraction of sp³-hybridized carbons (Fsp3) is 0.538. The summed E-state index contributed by atoms with van der Waals surface area (Å²) < 4.78 is 26.8. The van der Waals surface area contributed by atoms with E-state index >= 15 is 0 Å². The van der Waals surface area contributed by atoms with Crippen LogP contribution in [0, 0.1) is 5.92 Å². The van der Waals surface area contributed by atoms with Gasteiger partial charge in [0.25, 0.3) is 0 Å². The lowest BCUT2D eigenvalue weighted by Crippen LogP contribution is -2.62. The summed E-state index contributed by atoms with van der Waals surface area (Å²) >= 11 is 0. The highest BCUT2D eigenvalue weighted by atomic mass is 16.8. The fourth-order valence-corrected chi connectivity index (χ4v) is 5.22. The second-order valence-corrected chi connectivity index (χ2v) is 9.86. The summed E-state index contributed by atoms with van der Waals surface area (Å²) in [5.74, 6) is -3.31. The molecular formula is C26H32O13. The zero-order valence-electron chi connectivity index (χ0n) is 21.2. The molecule has 1 unspecified atom stereocenters. The van der Waals surface area contributed by atoms with Gasteiger partial charge in [-0.05, 0) is 18.6 Å². The number of hydrogen-bond acceptors (Lipinski definition) is 13. The van der Waals surface area contributed by atoms with Gasteiger partial charge < -0.3 is 54.3 Å². The Hall–Kier alpha value is -2.88. The van der Waals surface area contributed by atoms with Gasteiger partial charge in [-0.15, -0.1) is 0 Å². The maximum Gasteiger partial charge on any atom is 0.339 e. The van der Waals surface area contributed by atoms with Crippen molar-refractivity contribution in [2.45, 2.75) is 67.6 Å². The Morgan fingerprint density at radius 1 is 1.08 bits per heavy atom. The van der Waals surface area contributed by atoms with Crippen LogP contribution in [0.5, 0.6) is 0 Å². The number of aliphatic hydroxyl groups is 6. The van der Waals surface area contributed by atoms with Crippen molar-refractivity contribution in [2.24, 2.45) is 5.92 Å². The van der Waals surface area contributed by atoms with E-state index in [9.17, 15) is 40.2 Å².